The van der Waals surface area contributed by atoms with Crippen LogP contribution in [0.5, 0.6) is 5.75 Å². The highest BCUT2D eigenvalue weighted by atomic mass is 16.5. The van der Waals surface area contributed by atoms with Gasteiger partial charge in [0.05, 0.1) is 18.6 Å². The molecule has 5 nitrogen and oxygen atoms in total. The average Bonchev–Trinajstić information content (AvgIpc) is 3.05. The van der Waals surface area contributed by atoms with Crippen molar-refractivity contribution in [3.05, 3.63) is 30.2 Å². The zero-order valence-electron chi connectivity index (χ0n) is 13.3. The van der Waals surface area contributed by atoms with E-state index in [1.54, 1.807) is 7.11 Å². The molecule has 118 valence electrons. The number of hydrogen-bond donors (Lipinski definition) is 0. The molecule has 1 aromatic carbocycles. The zero-order chi connectivity index (χ0) is 15.4. The van der Waals surface area contributed by atoms with Crippen LogP contribution in [0.25, 0.3) is 11.4 Å². The molecule has 1 saturated heterocycles. The van der Waals surface area contributed by atoms with E-state index in [2.05, 4.69) is 22.0 Å². The molecule has 2 aromatic rings. The third kappa shape index (κ3) is 3.14. The van der Waals surface area contributed by atoms with E-state index in [1.807, 2.05) is 24.3 Å². The molecule has 1 atom stereocenters. The molecule has 0 aliphatic carbocycles. The first kappa shape index (κ1) is 15.0. The second kappa shape index (κ2) is 6.92. The van der Waals surface area contributed by atoms with Crippen molar-refractivity contribution < 1.29 is 9.26 Å². The molecule has 22 heavy (non-hydrogen) atoms. The smallest absolute Gasteiger partial charge is 0.231 e. The Morgan fingerprint density at radius 2 is 2.23 bits per heavy atom. The van der Waals surface area contributed by atoms with Crippen LogP contribution in [0, 0.1) is 0 Å². The van der Waals surface area contributed by atoms with Crippen molar-refractivity contribution in [3.8, 4) is 17.1 Å². The minimum atomic E-state index is 0.344. The lowest BCUT2D eigenvalue weighted by atomic mass is 9.98. The van der Waals surface area contributed by atoms with Gasteiger partial charge in [-0.1, -0.05) is 24.2 Å². The Hall–Kier alpha value is -1.88. The number of hydrogen-bond acceptors (Lipinski definition) is 5. The molecule has 3 rings (SSSR count). The van der Waals surface area contributed by atoms with Gasteiger partial charge < -0.3 is 14.2 Å². The molecule has 5 heteroatoms. The predicted octanol–water partition coefficient (Wildman–Crippen LogP) is 3.33. The fourth-order valence-corrected chi connectivity index (χ4v) is 3.12. The maximum Gasteiger partial charge on any atom is 0.231 e. The van der Waals surface area contributed by atoms with Gasteiger partial charge >= 0.3 is 0 Å². The summed E-state index contributed by atoms with van der Waals surface area (Å²) in [5.74, 6) is 2.48. The van der Waals surface area contributed by atoms with Crippen molar-refractivity contribution in [1.29, 1.82) is 0 Å². The van der Waals surface area contributed by atoms with Gasteiger partial charge in [-0.3, -0.25) is 0 Å². The van der Waals surface area contributed by atoms with E-state index >= 15 is 0 Å². The Bertz CT molecular complexity index is 609. The Morgan fingerprint density at radius 3 is 3.05 bits per heavy atom. The molecule has 2 heterocycles. The maximum atomic E-state index is 5.54. The quantitative estimate of drug-likeness (QED) is 0.848. The zero-order valence-corrected chi connectivity index (χ0v) is 13.3. The third-order valence-corrected chi connectivity index (χ3v) is 4.18. The summed E-state index contributed by atoms with van der Waals surface area (Å²) >= 11 is 0. The van der Waals surface area contributed by atoms with Crippen molar-refractivity contribution in [2.75, 3.05) is 26.7 Å². The molecule has 0 saturated carbocycles. The van der Waals surface area contributed by atoms with Crippen LogP contribution in [0.2, 0.25) is 0 Å². The topological polar surface area (TPSA) is 51.4 Å². The predicted molar refractivity (Wildman–Crippen MR) is 85.0 cm³/mol. The molecule has 0 radical (unpaired) electrons. The Balaban J connectivity index is 1.78. The summed E-state index contributed by atoms with van der Waals surface area (Å²) in [5.41, 5.74) is 0.876. The fourth-order valence-electron chi connectivity index (χ4n) is 3.12. The lowest BCUT2D eigenvalue weighted by molar-refractivity contribution is 0.187. The number of likely N-dealkylation sites (tertiary alicyclic amines) is 1. The Labute approximate surface area is 131 Å². The summed E-state index contributed by atoms with van der Waals surface area (Å²) in [6.45, 7) is 5.55. The van der Waals surface area contributed by atoms with Crippen molar-refractivity contribution in [2.24, 2.45) is 0 Å². The molecule has 0 bridgehead atoms. The van der Waals surface area contributed by atoms with E-state index in [9.17, 15) is 0 Å². The van der Waals surface area contributed by atoms with E-state index in [4.69, 9.17) is 9.26 Å². The van der Waals surface area contributed by atoms with Crippen LogP contribution < -0.4 is 4.74 Å². The molecule has 1 fully saturated rings. The van der Waals surface area contributed by atoms with Crippen molar-refractivity contribution in [1.82, 2.24) is 15.0 Å². The number of nitrogens with zero attached hydrogens (tertiary/aromatic N) is 3. The SMILES string of the molecule is CCCN1CCCC(c2nc(-c3ccccc3OC)no2)C1. The molecular weight excluding hydrogens is 278 g/mol. The third-order valence-electron chi connectivity index (χ3n) is 4.18. The molecule has 1 aliphatic heterocycles. The van der Waals surface area contributed by atoms with Crippen LogP contribution in [0.15, 0.2) is 28.8 Å². The highest BCUT2D eigenvalue weighted by Crippen LogP contribution is 2.30. The first-order chi connectivity index (χ1) is 10.8. The Morgan fingerprint density at radius 1 is 1.36 bits per heavy atom. The summed E-state index contributed by atoms with van der Waals surface area (Å²) in [5, 5.41) is 4.16. The molecule has 0 spiro atoms. The van der Waals surface area contributed by atoms with Gasteiger partial charge in [0.15, 0.2) is 0 Å². The van der Waals surface area contributed by atoms with E-state index in [1.165, 1.54) is 19.4 Å². The standard InChI is InChI=1S/C17H23N3O2/c1-3-10-20-11-6-7-13(12-20)17-18-16(19-22-17)14-8-4-5-9-15(14)21-2/h4-5,8-9,13H,3,6-7,10-12H2,1-2H3. The minimum absolute atomic E-state index is 0.344. The molecule has 0 amide bonds. The number of para-hydroxylation sites is 1. The number of piperidine rings is 1. The number of aromatic nitrogens is 2. The number of ether oxygens (including phenoxy) is 1. The van der Waals surface area contributed by atoms with Crippen LogP contribution in [0.3, 0.4) is 0 Å². The lowest BCUT2D eigenvalue weighted by Crippen LogP contribution is -2.34. The summed E-state index contributed by atoms with van der Waals surface area (Å²) in [4.78, 5) is 7.11. The van der Waals surface area contributed by atoms with Crippen molar-refractivity contribution >= 4 is 0 Å². The lowest BCUT2D eigenvalue weighted by Gasteiger charge is -2.30. The first-order valence-corrected chi connectivity index (χ1v) is 8.01. The number of rotatable bonds is 5. The normalized spacial score (nSPS) is 19.3. The monoisotopic (exact) mass is 301 g/mol. The van der Waals surface area contributed by atoms with Gasteiger partial charge in [-0.05, 0) is 44.5 Å². The number of benzene rings is 1. The first-order valence-electron chi connectivity index (χ1n) is 8.01. The van der Waals surface area contributed by atoms with Gasteiger partial charge in [-0.2, -0.15) is 4.98 Å². The summed E-state index contributed by atoms with van der Waals surface area (Å²) in [6.07, 6.45) is 3.49. The van der Waals surface area contributed by atoms with Crippen molar-refractivity contribution in [3.63, 3.8) is 0 Å². The van der Waals surface area contributed by atoms with Gasteiger partial charge in [0.25, 0.3) is 0 Å². The van der Waals surface area contributed by atoms with Gasteiger partial charge in [0.1, 0.15) is 5.75 Å². The van der Waals surface area contributed by atoms with Crippen molar-refractivity contribution in [2.45, 2.75) is 32.1 Å². The minimum Gasteiger partial charge on any atom is -0.496 e. The van der Waals surface area contributed by atoms with Crippen LogP contribution in [0.4, 0.5) is 0 Å². The van der Waals surface area contributed by atoms with E-state index in [0.717, 1.165) is 36.7 Å². The summed E-state index contributed by atoms with van der Waals surface area (Å²) in [6, 6.07) is 7.76. The van der Waals surface area contributed by atoms with Crippen LogP contribution in [0.1, 0.15) is 38.0 Å². The Kier molecular flexibility index (Phi) is 4.73. The summed E-state index contributed by atoms with van der Waals surface area (Å²) < 4.78 is 10.9. The molecule has 1 aromatic heterocycles. The largest absolute Gasteiger partial charge is 0.496 e. The van der Waals surface area contributed by atoms with Crippen LogP contribution >= 0.6 is 0 Å². The average molecular weight is 301 g/mol. The van der Waals surface area contributed by atoms with Gasteiger partial charge in [-0.15, -0.1) is 0 Å². The van der Waals surface area contributed by atoms with Gasteiger partial charge in [-0.25, -0.2) is 0 Å². The second-order valence-electron chi connectivity index (χ2n) is 5.80. The van der Waals surface area contributed by atoms with Crippen LogP contribution in [-0.2, 0) is 0 Å². The highest BCUT2D eigenvalue weighted by Gasteiger charge is 2.26. The van der Waals surface area contributed by atoms with E-state index in [-0.39, 0.29) is 0 Å². The van der Waals surface area contributed by atoms with E-state index in [0.29, 0.717) is 11.7 Å². The number of methoxy groups -OCH3 is 1. The van der Waals surface area contributed by atoms with Gasteiger partial charge in [0, 0.05) is 6.54 Å². The fraction of sp³-hybridized carbons (Fsp3) is 0.529. The van der Waals surface area contributed by atoms with Gasteiger partial charge in [0.2, 0.25) is 11.7 Å². The molecule has 0 N–H and O–H groups in total. The molecular formula is C17H23N3O2. The highest BCUT2D eigenvalue weighted by molar-refractivity contribution is 5.63. The second-order valence-corrected chi connectivity index (χ2v) is 5.80. The molecule has 1 unspecified atom stereocenters. The summed E-state index contributed by atoms with van der Waals surface area (Å²) in [7, 11) is 1.66. The maximum absolute atomic E-state index is 5.54. The molecule has 1 aliphatic rings. The van der Waals surface area contributed by atoms with Crippen LogP contribution in [-0.4, -0.2) is 41.8 Å². The van der Waals surface area contributed by atoms with E-state index < -0.39 is 0 Å².